The topological polar surface area (TPSA) is 66.8 Å². The van der Waals surface area contributed by atoms with E-state index < -0.39 is 18.3 Å². The van der Waals surface area contributed by atoms with Gasteiger partial charge < -0.3 is 14.9 Å². The predicted octanol–water partition coefficient (Wildman–Crippen LogP) is -0.956. The van der Waals surface area contributed by atoms with Crippen molar-refractivity contribution in [1.82, 2.24) is 0 Å². The fraction of sp³-hybridized carbons (Fsp3) is 0.857. The zero-order valence-corrected chi connectivity index (χ0v) is 5.93. The molecular weight excluding hydrogens is 148 g/mol. The molecule has 2 bridgehead atoms. The highest BCUT2D eigenvalue weighted by Crippen LogP contribution is 2.33. The van der Waals surface area contributed by atoms with Crippen LogP contribution in [0.2, 0.25) is 0 Å². The van der Waals surface area contributed by atoms with Crippen LogP contribution in [0.15, 0.2) is 0 Å². The summed E-state index contributed by atoms with van der Waals surface area (Å²) in [5, 5.41) is 18.5. The standard InChI is InChI=1S/C7H10O4/c8-4-1-3-2-5(9)6(4)11-7(3)10/h3-6,8-9H,1-2H2/t3?,4-,5?,6?/m1/s1. The molecule has 1 saturated carbocycles. The zero-order valence-electron chi connectivity index (χ0n) is 5.93. The first-order valence-corrected chi connectivity index (χ1v) is 3.75. The first-order valence-electron chi connectivity index (χ1n) is 3.75. The third kappa shape index (κ3) is 0.937. The van der Waals surface area contributed by atoms with E-state index in [9.17, 15) is 15.0 Å². The van der Waals surface area contributed by atoms with Gasteiger partial charge in [-0.25, -0.2) is 0 Å². The molecule has 3 fully saturated rings. The first kappa shape index (κ1) is 7.06. The smallest absolute Gasteiger partial charge is 0.309 e. The summed E-state index contributed by atoms with van der Waals surface area (Å²) in [7, 11) is 0. The maximum Gasteiger partial charge on any atom is 0.309 e. The van der Waals surface area contributed by atoms with Crippen LogP contribution in [0.3, 0.4) is 0 Å². The van der Waals surface area contributed by atoms with Crippen LogP contribution in [0.25, 0.3) is 0 Å². The lowest BCUT2D eigenvalue weighted by atomic mass is 9.80. The fourth-order valence-electron chi connectivity index (χ4n) is 1.78. The fourth-order valence-corrected chi connectivity index (χ4v) is 1.78. The van der Waals surface area contributed by atoms with Crippen LogP contribution in [-0.4, -0.2) is 34.5 Å². The van der Waals surface area contributed by atoms with E-state index in [1.807, 2.05) is 0 Å². The molecule has 2 saturated heterocycles. The number of esters is 1. The highest BCUT2D eigenvalue weighted by Gasteiger charge is 2.47. The molecule has 1 aliphatic carbocycles. The van der Waals surface area contributed by atoms with E-state index in [-0.39, 0.29) is 11.9 Å². The van der Waals surface area contributed by atoms with Gasteiger partial charge in [-0.1, -0.05) is 0 Å². The van der Waals surface area contributed by atoms with E-state index in [4.69, 9.17) is 4.74 Å². The largest absolute Gasteiger partial charge is 0.457 e. The highest BCUT2D eigenvalue weighted by molar-refractivity contribution is 5.74. The summed E-state index contributed by atoms with van der Waals surface area (Å²) in [6, 6.07) is 0. The lowest BCUT2D eigenvalue weighted by Gasteiger charge is -2.41. The number of hydrogen-bond donors (Lipinski definition) is 2. The number of carbonyl (C=O) groups is 1. The van der Waals surface area contributed by atoms with E-state index in [0.29, 0.717) is 12.8 Å². The molecule has 3 aliphatic rings. The lowest BCUT2D eigenvalue weighted by Crippen LogP contribution is -2.54. The molecule has 0 aromatic heterocycles. The Hall–Kier alpha value is -0.610. The zero-order chi connectivity index (χ0) is 8.01. The highest BCUT2D eigenvalue weighted by atomic mass is 16.6. The van der Waals surface area contributed by atoms with Crippen molar-refractivity contribution in [3.05, 3.63) is 0 Å². The molecular formula is C7H10O4. The normalized spacial score (nSPS) is 49.1. The maximum absolute atomic E-state index is 10.9. The number of rotatable bonds is 0. The Labute approximate surface area is 63.8 Å². The lowest BCUT2D eigenvalue weighted by molar-refractivity contribution is -0.203. The number of fused-ring (bicyclic) bond motifs is 3. The minimum absolute atomic E-state index is 0.273. The van der Waals surface area contributed by atoms with Gasteiger partial charge in [-0.3, -0.25) is 4.79 Å². The summed E-state index contributed by atoms with van der Waals surface area (Å²) in [5.41, 5.74) is 0. The molecule has 0 spiro atoms. The van der Waals surface area contributed by atoms with E-state index in [1.54, 1.807) is 0 Å². The Morgan fingerprint density at radius 2 is 1.82 bits per heavy atom. The van der Waals surface area contributed by atoms with Crippen LogP contribution in [0.4, 0.5) is 0 Å². The van der Waals surface area contributed by atoms with Crippen molar-refractivity contribution in [1.29, 1.82) is 0 Å². The average molecular weight is 158 g/mol. The molecule has 0 radical (unpaired) electrons. The number of aliphatic hydroxyl groups excluding tert-OH is 2. The first-order chi connectivity index (χ1) is 5.18. The van der Waals surface area contributed by atoms with Crippen LogP contribution in [0.5, 0.6) is 0 Å². The SMILES string of the molecule is O=C1OC2C(O)CC1C[C@H]2O. The molecule has 11 heavy (non-hydrogen) atoms. The average Bonchev–Trinajstić information content (AvgIpc) is 1.93. The van der Waals surface area contributed by atoms with E-state index >= 15 is 0 Å². The molecule has 4 atom stereocenters. The van der Waals surface area contributed by atoms with Crippen molar-refractivity contribution in [3.63, 3.8) is 0 Å². The second kappa shape index (κ2) is 2.19. The molecule has 3 rings (SSSR count). The van der Waals surface area contributed by atoms with Crippen molar-refractivity contribution in [2.75, 3.05) is 0 Å². The van der Waals surface area contributed by atoms with Crippen LogP contribution < -0.4 is 0 Å². The van der Waals surface area contributed by atoms with Crippen molar-refractivity contribution in [2.45, 2.75) is 31.2 Å². The third-order valence-corrected chi connectivity index (χ3v) is 2.40. The van der Waals surface area contributed by atoms with Crippen molar-refractivity contribution >= 4 is 5.97 Å². The molecule has 2 N–H and O–H groups in total. The van der Waals surface area contributed by atoms with Gasteiger partial charge in [0.1, 0.15) is 0 Å². The van der Waals surface area contributed by atoms with Gasteiger partial charge in [0.15, 0.2) is 6.10 Å². The minimum atomic E-state index is -0.674. The van der Waals surface area contributed by atoms with E-state index in [1.165, 1.54) is 0 Å². The second-order valence-electron chi connectivity index (χ2n) is 3.20. The van der Waals surface area contributed by atoms with Crippen molar-refractivity contribution in [3.8, 4) is 0 Å². The van der Waals surface area contributed by atoms with Gasteiger partial charge in [0.2, 0.25) is 0 Å². The monoisotopic (exact) mass is 158 g/mol. The molecule has 3 unspecified atom stereocenters. The summed E-state index contributed by atoms with van der Waals surface area (Å²) in [6.07, 6.45) is -1.11. The molecule has 0 aromatic rings. The van der Waals surface area contributed by atoms with Crippen LogP contribution in [-0.2, 0) is 9.53 Å². The molecule has 2 aliphatic heterocycles. The van der Waals surface area contributed by atoms with Gasteiger partial charge in [-0.15, -0.1) is 0 Å². The Kier molecular flexibility index (Phi) is 1.40. The van der Waals surface area contributed by atoms with Crippen LogP contribution in [0, 0.1) is 5.92 Å². The molecule has 62 valence electrons. The van der Waals surface area contributed by atoms with Crippen molar-refractivity contribution < 1.29 is 19.7 Å². The minimum Gasteiger partial charge on any atom is -0.457 e. The third-order valence-electron chi connectivity index (χ3n) is 2.40. The Bertz CT molecular complexity index is 179. The summed E-state index contributed by atoms with van der Waals surface area (Å²) >= 11 is 0. The Morgan fingerprint density at radius 1 is 1.27 bits per heavy atom. The molecule has 4 heteroatoms. The van der Waals surface area contributed by atoms with Gasteiger partial charge in [0.05, 0.1) is 18.1 Å². The van der Waals surface area contributed by atoms with Crippen LogP contribution >= 0.6 is 0 Å². The molecule has 4 nitrogen and oxygen atoms in total. The Balaban J connectivity index is 2.19. The summed E-state index contributed by atoms with van der Waals surface area (Å²) in [6.45, 7) is 0. The second-order valence-corrected chi connectivity index (χ2v) is 3.20. The molecule has 2 heterocycles. The summed E-state index contributed by atoms with van der Waals surface area (Å²) in [5.74, 6) is -0.560. The van der Waals surface area contributed by atoms with Gasteiger partial charge in [0, 0.05) is 0 Å². The maximum atomic E-state index is 10.9. The molecule has 0 amide bonds. The van der Waals surface area contributed by atoms with Gasteiger partial charge in [0.25, 0.3) is 0 Å². The van der Waals surface area contributed by atoms with E-state index in [0.717, 1.165) is 0 Å². The number of carbonyl (C=O) groups excluding carboxylic acids is 1. The van der Waals surface area contributed by atoms with Gasteiger partial charge in [-0.2, -0.15) is 0 Å². The van der Waals surface area contributed by atoms with Crippen molar-refractivity contribution in [2.24, 2.45) is 5.92 Å². The van der Waals surface area contributed by atoms with Crippen LogP contribution in [0.1, 0.15) is 12.8 Å². The quantitative estimate of drug-likeness (QED) is 0.446. The number of aliphatic hydroxyl groups is 2. The van der Waals surface area contributed by atoms with Gasteiger partial charge in [-0.05, 0) is 12.8 Å². The van der Waals surface area contributed by atoms with E-state index in [2.05, 4.69) is 0 Å². The Morgan fingerprint density at radius 3 is 2.18 bits per heavy atom. The summed E-state index contributed by atoms with van der Waals surface area (Å²) < 4.78 is 4.77. The number of hydrogen-bond acceptors (Lipinski definition) is 4. The molecule has 0 aromatic carbocycles. The van der Waals surface area contributed by atoms with Gasteiger partial charge >= 0.3 is 5.97 Å². The number of ether oxygens (including phenoxy) is 1. The predicted molar refractivity (Wildman–Crippen MR) is 34.6 cm³/mol. The summed E-state index contributed by atoms with van der Waals surface area (Å²) in [4.78, 5) is 10.9.